The van der Waals surface area contributed by atoms with Gasteiger partial charge >= 0.3 is 6.09 Å². The fraction of sp³-hybridized carbons (Fsp3) is 0.600. The average molecular weight is 243 g/mol. The fourth-order valence-electron chi connectivity index (χ4n) is 1.13. The first-order chi connectivity index (χ1) is 7.42. The van der Waals surface area contributed by atoms with E-state index in [0.717, 1.165) is 5.69 Å². The molecular weight excluding hydrogens is 226 g/mol. The van der Waals surface area contributed by atoms with Crippen molar-refractivity contribution in [2.45, 2.75) is 32.4 Å². The van der Waals surface area contributed by atoms with Crippen LogP contribution in [-0.2, 0) is 4.74 Å². The zero-order chi connectivity index (χ0) is 12.2. The molecule has 0 saturated heterocycles. The zero-order valence-corrected chi connectivity index (χ0v) is 10.5. The summed E-state index contributed by atoms with van der Waals surface area (Å²) in [5, 5.41) is 2.72. The molecule has 2 N–H and O–H groups in total. The van der Waals surface area contributed by atoms with E-state index in [2.05, 4.69) is 27.9 Å². The summed E-state index contributed by atoms with van der Waals surface area (Å²) in [6.07, 6.45) is 2.75. The minimum atomic E-state index is -0.501. The second kappa shape index (κ2) is 5.25. The number of nitrogens with one attached hydrogen (secondary N) is 2. The summed E-state index contributed by atoms with van der Waals surface area (Å²) in [4.78, 5) is 18.3. The van der Waals surface area contributed by atoms with Gasteiger partial charge in [-0.1, -0.05) is 0 Å². The molecule has 5 nitrogen and oxygen atoms in total. The Morgan fingerprint density at radius 2 is 2.38 bits per heavy atom. The van der Waals surface area contributed by atoms with Crippen LogP contribution in [0.4, 0.5) is 4.79 Å². The smallest absolute Gasteiger partial charge is 0.408 e. The van der Waals surface area contributed by atoms with Crippen molar-refractivity contribution in [3.63, 3.8) is 0 Å². The van der Waals surface area contributed by atoms with E-state index in [1.165, 1.54) is 0 Å². The number of H-pyrrole nitrogens is 1. The molecule has 6 heteroatoms. The lowest BCUT2D eigenvalue weighted by Crippen LogP contribution is -2.35. The van der Waals surface area contributed by atoms with E-state index >= 15 is 0 Å². The van der Waals surface area contributed by atoms with Crippen LogP contribution in [0.25, 0.3) is 0 Å². The summed E-state index contributed by atoms with van der Waals surface area (Å²) in [7, 11) is 0. The number of imidazole rings is 1. The monoisotopic (exact) mass is 243 g/mol. The van der Waals surface area contributed by atoms with Crippen LogP contribution in [0.2, 0.25) is 0 Å². The molecular formula is C10H17N3O2S. The number of rotatable bonds is 3. The quantitative estimate of drug-likeness (QED) is 0.710. The second-order valence-corrected chi connectivity index (χ2v) is 4.75. The number of carbonyl (C=O) groups is 1. The van der Waals surface area contributed by atoms with Crippen LogP contribution < -0.4 is 5.32 Å². The Morgan fingerprint density at radius 3 is 2.81 bits per heavy atom. The number of alkyl carbamates (subject to hydrolysis) is 1. The SMILES string of the molecule is CC(C)(C)OC(=O)N[C@@H](CS)c1cnc[nH]1. The van der Waals surface area contributed by atoms with Crippen LogP contribution in [0.1, 0.15) is 32.5 Å². The van der Waals surface area contributed by atoms with Gasteiger partial charge in [0.25, 0.3) is 0 Å². The number of thiol groups is 1. The second-order valence-electron chi connectivity index (χ2n) is 4.39. The predicted octanol–water partition coefficient (Wildman–Crippen LogP) is 1.91. The van der Waals surface area contributed by atoms with Crippen molar-refractivity contribution in [1.29, 1.82) is 0 Å². The highest BCUT2D eigenvalue weighted by Gasteiger charge is 2.20. The Morgan fingerprint density at radius 1 is 1.69 bits per heavy atom. The van der Waals surface area contributed by atoms with Crippen molar-refractivity contribution in [3.8, 4) is 0 Å². The minimum absolute atomic E-state index is 0.222. The summed E-state index contributed by atoms with van der Waals surface area (Å²) < 4.78 is 5.15. The Balaban J connectivity index is 2.55. The molecule has 0 aliphatic carbocycles. The maximum Gasteiger partial charge on any atom is 0.408 e. The van der Waals surface area contributed by atoms with Gasteiger partial charge in [-0.05, 0) is 20.8 Å². The highest BCUT2D eigenvalue weighted by Crippen LogP contribution is 2.13. The van der Waals surface area contributed by atoms with Gasteiger partial charge < -0.3 is 15.0 Å². The molecule has 1 amide bonds. The molecule has 90 valence electrons. The molecule has 0 bridgehead atoms. The number of ether oxygens (including phenoxy) is 1. The first-order valence-electron chi connectivity index (χ1n) is 5.01. The number of aromatic amines is 1. The molecule has 1 atom stereocenters. The summed E-state index contributed by atoms with van der Waals surface area (Å²) in [5.41, 5.74) is 0.306. The minimum Gasteiger partial charge on any atom is -0.444 e. The van der Waals surface area contributed by atoms with E-state index in [-0.39, 0.29) is 6.04 Å². The molecule has 0 aliphatic rings. The number of aromatic nitrogens is 2. The van der Waals surface area contributed by atoms with Crippen LogP contribution in [0.3, 0.4) is 0 Å². The molecule has 0 saturated carbocycles. The van der Waals surface area contributed by atoms with Crippen LogP contribution in [0.15, 0.2) is 12.5 Å². The molecule has 0 aromatic carbocycles. The molecule has 0 radical (unpaired) electrons. The molecule has 0 unspecified atom stereocenters. The number of nitrogens with zero attached hydrogens (tertiary/aromatic N) is 1. The molecule has 0 spiro atoms. The van der Waals surface area contributed by atoms with Gasteiger partial charge in [0.15, 0.2) is 0 Å². The van der Waals surface area contributed by atoms with Crippen LogP contribution in [0.5, 0.6) is 0 Å². The third kappa shape index (κ3) is 4.14. The number of hydrogen-bond acceptors (Lipinski definition) is 4. The summed E-state index contributed by atoms with van der Waals surface area (Å²) in [6.45, 7) is 5.45. The van der Waals surface area contributed by atoms with Gasteiger partial charge in [-0.25, -0.2) is 9.78 Å². The highest BCUT2D eigenvalue weighted by atomic mass is 32.1. The number of hydrogen-bond donors (Lipinski definition) is 3. The van der Waals surface area contributed by atoms with Gasteiger partial charge in [0.05, 0.1) is 24.3 Å². The van der Waals surface area contributed by atoms with E-state index in [4.69, 9.17) is 4.74 Å². The lowest BCUT2D eigenvalue weighted by molar-refractivity contribution is 0.0508. The molecule has 0 aliphatic heterocycles. The third-order valence-corrected chi connectivity index (χ3v) is 2.13. The number of amides is 1. The van der Waals surface area contributed by atoms with Crippen molar-refractivity contribution in [2.75, 3.05) is 5.75 Å². The predicted molar refractivity (Wildman–Crippen MR) is 64.6 cm³/mol. The van der Waals surface area contributed by atoms with Crippen molar-refractivity contribution < 1.29 is 9.53 Å². The maximum absolute atomic E-state index is 11.5. The maximum atomic E-state index is 11.5. The lowest BCUT2D eigenvalue weighted by Gasteiger charge is -2.22. The first-order valence-corrected chi connectivity index (χ1v) is 5.64. The van der Waals surface area contributed by atoms with E-state index < -0.39 is 11.7 Å². The van der Waals surface area contributed by atoms with E-state index in [1.807, 2.05) is 20.8 Å². The van der Waals surface area contributed by atoms with Gasteiger partial charge in [0.2, 0.25) is 0 Å². The Hall–Kier alpha value is -1.17. The van der Waals surface area contributed by atoms with Gasteiger partial charge in [-0.15, -0.1) is 0 Å². The lowest BCUT2D eigenvalue weighted by atomic mass is 10.2. The van der Waals surface area contributed by atoms with Gasteiger partial charge in [-0.2, -0.15) is 12.6 Å². The largest absolute Gasteiger partial charge is 0.444 e. The molecule has 1 heterocycles. The first kappa shape index (κ1) is 12.9. The van der Waals surface area contributed by atoms with E-state index in [9.17, 15) is 4.79 Å². The summed E-state index contributed by atoms with van der Waals surface area (Å²) in [5.74, 6) is 0.474. The molecule has 0 fully saturated rings. The van der Waals surface area contributed by atoms with E-state index in [1.54, 1.807) is 12.5 Å². The summed E-state index contributed by atoms with van der Waals surface area (Å²) >= 11 is 4.17. The average Bonchev–Trinajstić information content (AvgIpc) is 2.63. The van der Waals surface area contributed by atoms with Crippen LogP contribution in [-0.4, -0.2) is 27.4 Å². The molecule has 1 rings (SSSR count). The Bertz CT molecular complexity index is 332. The van der Waals surface area contributed by atoms with Crippen molar-refractivity contribution >= 4 is 18.7 Å². The topological polar surface area (TPSA) is 67.0 Å². The Kier molecular flexibility index (Phi) is 4.23. The molecule has 1 aromatic heterocycles. The van der Waals surface area contributed by atoms with Gasteiger partial charge in [-0.3, -0.25) is 0 Å². The van der Waals surface area contributed by atoms with Crippen LogP contribution >= 0.6 is 12.6 Å². The van der Waals surface area contributed by atoms with Crippen molar-refractivity contribution in [1.82, 2.24) is 15.3 Å². The van der Waals surface area contributed by atoms with Crippen molar-refractivity contribution in [2.24, 2.45) is 0 Å². The zero-order valence-electron chi connectivity index (χ0n) is 9.65. The highest BCUT2D eigenvalue weighted by molar-refractivity contribution is 7.80. The molecule has 16 heavy (non-hydrogen) atoms. The number of carbonyl (C=O) groups excluding carboxylic acids is 1. The van der Waals surface area contributed by atoms with Gasteiger partial charge in [0.1, 0.15) is 5.60 Å². The summed E-state index contributed by atoms with van der Waals surface area (Å²) in [6, 6.07) is -0.222. The van der Waals surface area contributed by atoms with E-state index in [0.29, 0.717) is 5.75 Å². The standard InChI is InChI=1S/C10H17N3O2S/c1-10(2,3)15-9(14)13-8(5-16)7-4-11-6-12-7/h4,6,8,16H,5H2,1-3H3,(H,11,12)(H,13,14)/t8-/m0/s1. The fourth-order valence-corrected chi connectivity index (χ4v) is 1.42. The third-order valence-electron chi connectivity index (χ3n) is 1.77. The molecule has 1 aromatic rings. The van der Waals surface area contributed by atoms with Crippen LogP contribution in [0, 0.1) is 0 Å². The normalized spacial score (nSPS) is 13.2. The van der Waals surface area contributed by atoms with Crippen molar-refractivity contribution in [3.05, 3.63) is 18.2 Å². The Labute approximate surface area is 100 Å². The van der Waals surface area contributed by atoms with Gasteiger partial charge in [0, 0.05) is 5.75 Å².